The number of phenols is 1. The molecule has 3 aliphatic heterocycles. The number of benzene rings is 2. The van der Waals surface area contributed by atoms with Crippen molar-refractivity contribution >= 4 is 40.5 Å². The summed E-state index contributed by atoms with van der Waals surface area (Å²) in [6.45, 7) is 15.9. The zero-order valence-electron chi connectivity index (χ0n) is 43.8. The maximum absolute atomic E-state index is 14.8. The molecule has 4 amide bonds. The number of phenolic OH excluding ortho intramolecular Hbond substituents is 1. The molecule has 390 valence electrons. The van der Waals surface area contributed by atoms with Crippen LogP contribution >= 0.6 is 0 Å². The second-order valence-electron chi connectivity index (χ2n) is 21.5. The number of nitrogens with one attached hydrogen (secondary N) is 2. The molecule has 4 bridgehead atoms. The van der Waals surface area contributed by atoms with Gasteiger partial charge in [-0.05, 0) is 137 Å². The van der Waals surface area contributed by atoms with Crippen molar-refractivity contribution < 1.29 is 43.0 Å². The Morgan fingerprint density at radius 2 is 1.78 bits per heavy atom. The molecule has 0 saturated carbocycles. The first kappa shape index (κ1) is 53.9. The highest BCUT2D eigenvalue weighted by Gasteiger charge is 2.46. The normalized spacial score (nSPS) is 22.3. The number of halogens is 1. The van der Waals surface area contributed by atoms with Gasteiger partial charge in [0.05, 0.1) is 35.6 Å². The number of carbonyl (C=O) groups excluding carboxylic acids is 5. The first-order valence-corrected chi connectivity index (χ1v) is 25.6. The van der Waals surface area contributed by atoms with E-state index in [0.717, 1.165) is 63.4 Å². The van der Waals surface area contributed by atoms with Gasteiger partial charge in [0, 0.05) is 81.3 Å². The highest BCUT2D eigenvalue weighted by atomic mass is 19.2. The number of ether oxygens (including phenoxy) is 2. The molecule has 3 aliphatic rings. The zero-order chi connectivity index (χ0) is 52.2. The van der Waals surface area contributed by atoms with Crippen LogP contribution in [-0.2, 0) is 52.8 Å². The number of rotatable bonds is 11. The molecule has 16 nitrogen and oxygen atoms in total. The Hall–Kier alpha value is -5.91. The third kappa shape index (κ3) is 11.3. The molecule has 2 fully saturated rings. The van der Waals surface area contributed by atoms with Crippen LogP contribution in [-0.4, -0.2) is 136 Å². The zero-order valence-corrected chi connectivity index (χ0v) is 43.8. The average Bonchev–Trinajstić information content (AvgIpc) is 4.07. The van der Waals surface area contributed by atoms with Gasteiger partial charge in [-0.2, -0.15) is 0 Å². The summed E-state index contributed by atoms with van der Waals surface area (Å²) in [4.78, 5) is 80.4. The Balaban J connectivity index is 1.25. The van der Waals surface area contributed by atoms with Crippen molar-refractivity contribution in [1.29, 1.82) is 0 Å². The summed E-state index contributed by atoms with van der Waals surface area (Å²) in [7, 11) is 5.17. The number of cyclic esters (lactones) is 1. The van der Waals surface area contributed by atoms with Crippen LogP contribution in [0.25, 0.3) is 33.3 Å². The fraction of sp³-hybridized carbons (Fsp3) is 0.564. The van der Waals surface area contributed by atoms with Gasteiger partial charge < -0.3 is 34.3 Å². The molecular formula is C55H75FN8O8. The van der Waals surface area contributed by atoms with Gasteiger partial charge in [-0.15, -0.1) is 4.48 Å². The summed E-state index contributed by atoms with van der Waals surface area (Å²) in [6.07, 6.45) is 4.51. The van der Waals surface area contributed by atoms with Crippen LogP contribution in [0.5, 0.6) is 5.75 Å². The van der Waals surface area contributed by atoms with Gasteiger partial charge in [-0.3, -0.25) is 33.9 Å². The van der Waals surface area contributed by atoms with Gasteiger partial charge in [0.15, 0.2) is 0 Å². The highest BCUT2D eigenvalue weighted by molar-refractivity contribution is 5.96. The van der Waals surface area contributed by atoms with Crippen LogP contribution < -0.4 is 11.0 Å². The number of methoxy groups -OCH3 is 1. The predicted octanol–water partition coefficient (Wildman–Crippen LogP) is 7.16. The molecule has 0 aliphatic carbocycles. The standard InChI is InChI=1S/C55H75FN8O8/c1-11-63-45-19-18-37-30-42(45)43(49(63)41-16-14-22-57-47(41)35(4)71-10)31-54(5,6)33-72-46(66)17-12-13-24-64(59-56)52(69)44(28-36-26-39(37)29-40(65)27-36)58-50(67)48(34(2)3)61(9)51(68)38-20-25-62(32-38)53(70)55(7)21-15-23-60(55)8/h14,16,18-19,22,26-27,29-30,34-35,38,44,48,59,65H,11-13,15,17,20-21,23-25,28,31-33H2,1-10H3,(H,58,67)/t35-,38-,44-,48?,55+/m0/s1. The number of esters is 1. The van der Waals surface area contributed by atoms with Crippen LogP contribution in [0.2, 0.25) is 0 Å². The number of hydrogen-bond donors (Lipinski definition) is 3. The molecular weight excluding hydrogens is 920 g/mol. The van der Waals surface area contributed by atoms with Crippen molar-refractivity contribution in [2.24, 2.45) is 17.3 Å². The van der Waals surface area contributed by atoms with Gasteiger partial charge in [0.25, 0.3) is 5.91 Å². The number of aromatic hydroxyl groups is 1. The SMILES string of the molecule is CCn1c(-c2cccnc2[C@H](C)OC)c2c3cc(ccc31)-c1cc(O)cc(c1)C[C@H](NC(=O)C(C(C)C)N(C)C(=O)[C@H]1CCN(C(=O)[C@@]3(C)CCCN3C)C1)C(=O)N(NF)CCCCC(=O)OCC(C)(C)C2. The number of carbonyl (C=O) groups is 5. The second kappa shape index (κ2) is 22.5. The van der Waals surface area contributed by atoms with Gasteiger partial charge in [0.2, 0.25) is 17.7 Å². The topological polar surface area (TPSA) is 179 Å². The molecule has 17 heteroatoms. The highest BCUT2D eigenvalue weighted by Crippen LogP contribution is 2.42. The summed E-state index contributed by atoms with van der Waals surface area (Å²) in [5, 5.41) is 16.0. The van der Waals surface area contributed by atoms with E-state index in [4.69, 9.17) is 14.5 Å². The monoisotopic (exact) mass is 995 g/mol. The molecule has 1 unspecified atom stereocenters. The van der Waals surface area contributed by atoms with Crippen LogP contribution in [0.3, 0.4) is 0 Å². The third-order valence-electron chi connectivity index (χ3n) is 15.3. The van der Waals surface area contributed by atoms with Gasteiger partial charge in [-0.25, -0.2) is 5.01 Å². The minimum Gasteiger partial charge on any atom is -0.508 e. The molecule has 7 rings (SSSR count). The van der Waals surface area contributed by atoms with Crippen LogP contribution in [0.15, 0.2) is 54.7 Å². The molecule has 5 heterocycles. The minimum absolute atomic E-state index is 0.00149. The number of likely N-dealkylation sites (N-methyl/N-ethyl adjacent to an activating group) is 2. The molecule has 4 aromatic rings. The Morgan fingerprint density at radius 1 is 1.01 bits per heavy atom. The lowest BCUT2D eigenvalue weighted by molar-refractivity contribution is -0.147. The number of fused-ring (bicyclic) bond motifs is 4. The van der Waals surface area contributed by atoms with Crippen molar-refractivity contribution in [2.45, 2.75) is 130 Å². The Bertz CT molecular complexity index is 2650. The summed E-state index contributed by atoms with van der Waals surface area (Å²) in [6, 6.07) is 12.7. The van der Waals surface area contributed by atoms with Crippen LogP contribution in [0.1, 0.15) is 110 Å². The number of pyridine rings is 1. The van der Waals surface area contributed by atoms with Crippen LogP contribution in [0, 0.1) is 17.3 Å². The summed E-state index contributed by atoms with van der Waals surface area (Å²) in [5.41, 5.74) is 6.95. The Labute approximate surface area is 423 Å². The van der Waals surface area contributed by atoms with E-state index < -0.39 is 52.7 Å². The van der Waals surface area contributed by atoms with E-state index in [2.05, 4.69) is 53.8 Å². The first-order valence-electron chi connectivity index (χ1n) is 25.6. The molecule has 3 N–H and O–H groups in total. The Morgan fingerprint density at radius 3 is 2.46 bits per heavy atom. The quantitative estimate of drug-likeness (QED) is 0.103. The van der Waals surface area contributed by atoms with Gasteiger partial charge in [-0.1, -0.05) is 45.5 Å². The minimum atomic E-state index is -1.36. The number of hydrazine groups is 1. The first-order chi connectivity index (χ1) is 34.2. The molecule has 0 radical (unpaired) electrons. The van der Waals surface area contributed by atoms with E-state index in [1.807, 2.05) is 52.9 Å². The number of aryl methyl sites for hydroxylation is 1. The molecule has 0 spiro atoms. The van der Waals surface area contributed by atoms with Crippen molar-refractivity contribution in [1.82, 2.24) is 40.2 Å². The molecule has 2 aromatic carbocycles. The fourth-order valence-corrected chi connectivity index (χ4v) is 11.1. The molecule has 5 atom stereocenters. The van der Waals surface area contributed by atoms with E-state index >= 15 is 0 Å². The second-order valence-corrected chi connectivity index (χ2v) is 21.5. The lowest BCUT2D eigenvalue weighted by Gasteiger charge is -2.35. The number of hydrogen-bond acceptors (Lipinski definition) is 11. The van der Waals surface area contributed by atoms with E-state index in [0.29, 0.717) is 43.5 Å². The lowest BCUT2D eigenvalue weighted by Crippen LogP contribution is -2.58. The fourth-order valence-electron chi connectivity index (χ4n) is 11.1. The van der Waals surface area contributed by atoms with Gasteiger partial charge in [0.1, 0.15) is 17.8 Å². The predicted molar refractivity (Wildman–Crippen MR) is 274 cm³/mol. The number of aromatic nitrogens is 2. The number of nitrogens with zero attached hydrogens (tertiary/aromatic N) is 6. The summed E-state index contributed by atoms with van der Waals surface area (Å²) < 4.78 is 28.7. The smallest absolute Gasteiger partial charge is 0.305 e. The number of likely N-dealkylation sites (tertiary alicyclic amines) is 2. The molecule has 2 saturated heterocycles. The maximum atomic E-state index is 14.8. The largest absolute Gasteiger partial charge is 0.508 e. The summed E-state index contributed by atoms with van der Waals surface area (Å²) >= 11 is 0. The number of amides is 4. The average molecular weight is 995 g/mol. The van der Waals surface area contributed by atoms with Crippen molar-refractivity contribution in [2.75, 3.05) is 54.0 Å². The van der Waals surface area contributed by atoms with Gasteiger partial charge >= 0.3 is 5.97 Å². The lowest BCUT2D eigenvalue weighted by atomic mass is 9.84. The Kier molecular flexibility index (Phi) is 16.8. The van der Waals surface area contributed by atoms with Crippen LogP contribution in [0.4, 0.5) is 4.48 Å². The van der Waals surface area contributed by atoms with E-state index in [1.165, 1.54) is 16.6 Å². The molecule has 72 heavy (non-hydrogen) atoms. The van der Waals surface area contributed by atoms with E-state index in [9.17, 15) is 33.6 Å². The molecule has 2 aromatic heterocycles. The maximum Gasteiger partial charge on any atom is 0.305 e. The van der Waals surface area contributed by atoms with E-state index in [1.54, 1.807) is 31.3 Å². The van der Waals surface area contributed by atoms with Crippen molar-refractivity contribution in [3.05, 3.63) is 71.5 Å². The van der Waals surface area contributed by atoms with Crippen molar-refractivity contribution in [3.63, 3.8) is 0 Å². The van der Waals surface area contributed by atoms with Crippen molar-refractivity contribution in [3.8, 4) is 28.1 Å². The van der Waals surface area contributed by atoms with E-state index in [-0.39, 0.29) is 62.6 Å². The summed E-state index contributed by atoms with van der Waals surface area (Å²) in [5.74, 6) is -3.11. The third-order valence-corrected chi connectivity index (χ3v) is 15.3.